The molecule has 32 heavy (non-hydrogen) atoms. The molecule has 2 aromatic carbocycles. The Kier molecular flexibility index (Phi) is 5.19. The number of benzene rings is 2. The average molecular weight is 425 g/mol. The van der Waals surface area contributed by atoms with Crippen LogP contribution in [0.2, 0.25) is 0 Å². The molecule has 6 nitrogen and oxygen atoms in total. The number of hydrogen-bond donors (Lipinski definition) is 1. The van der Waals surface area contributed by atoms with Crippen LogP contribution in [0.4, 0.5) is 0 Å². The van der Waals surface area contributed by atoms with Crippen molar-refractivity contribution in [1.29, 1.82) is 0 Å². The molecule has 1 unspecified atom stereocenters. The Bertz CT molecular complexity index is 1300. The number of amides is 1. The number of methoxy groups -OCH3 is 1. The number of nitrogens with zero attached hydrogens (tertiary/aromatic N) is 2. The third-order valence-corrected chi connectivity index (χ3v) is 5.68. The molecule has 1 amide bonds. The zero-order chi connectivity index (χ0) is 22.1. The zero-order valence-electron chi connectivity index (χ0n) is 18.0. The summed E-state index contributed by atoms with van der Waals surface area (Å²) in [5.41, 5.74) is 4.99. The fourth-order valence-electron chi connectivity index (χ4n) is 4.11. The SMILES string of the molecule is COc1cc2c(cc1CNC(=O)c1cc(-c3ccncc3)nc3ccccc13)OC(C)C2. The highest BCUT2D eigenvalue weighted by atomic mass is 16.5. The second-order valence-electron chi connectivity index (χ2n) is 7.90. The third-order valence-electron chi connectivity index (χ3n) is 5.68. The number of fused-ring (bicyclic) bond motifs is 2. The zero-order valence-corrected chi connectivity index (χ0v) is 18.0. The molecule has 0 saturated carbocycles. The second kappa shape index (κ2) is 8.30. The van der Waals surface area contributed by atoms with Gasteiger partial charge in [-0.15, -0.1) is 0 Å². The molecule has 160 valence electrons. The van der Waals surface area contributed by atoms with Crippen molar-refractivity contribution in [2.75, 3.05) is 7.11 Å². The topological polar surface area (TPSA) is 73.3 Å². The van der Waals surface area contributed by atoms with Gasteiger partial charge in [-0.05, 0) is 43.3 Å². The second-order valence-corrected chi connectivity index (χ2v) is 7.90. The molecule has 0 spiro atoms. The van der Waals surface area contributed by atoms with Gasteiger partial charge >= 0.3 is 0 Å². The number of para-hydroxylation sites is 1. The van der Waals surface area contributed by atoms with Gasteiger partial charge in [0.25, 0.3) is 5.91 Å². The highest BCUT2D eigenvalue weighted by Gasteiger charge is 2.22. The number of rotatable bonds is 5. The van der Waals surface area contributed by atoms with E-state index in [1.807, 2.05) is 61.5 Å². The van der Waals surface area contributed by atoms with Gasteiger partial charge in [-0.3, -0.25) is 9.78 Å². The van der Waals surface area contributed by atoms with Crippen molar-refractivity contribution in [3.8, 4) is 22.8 Å². The summed E-state index contributed by atoms with van der Waals surface area (Å²) in [5.74, 6) is 1.44. The standard InChI is InChI=1S/C26H23N3O3/c1-16-11-18-12-24(31-2)19(13-25(18)32-16)15-28-26(30)21-14-23(17-7-9-27-10-8-17)29-22-6-4-3-5-20(21)22/h3-10,12-14,16H,11,15H2,1-2H3,(H,28,30). The van der Waals surface area contributed by atoms with Crippen LogP contribution in [0, 0.1) is 0 Å². The van der Waals surface area contributed by atoms with Gasteiger partial charge in [-0.2, -0.15) is 0 Å². The van der Waals surface area contributed by atoms with Crippen LogP contribution in [0.5, 0.6) is 11.5 Å². The Morgan fingerprint density at radius 3 is 2.78 bits per heavy atom. The van der Waals surface area contributed by atoms with Crippen LogP contribution in [0.25, 0.3) is 22.2 Å². The summed E-state index contributed by atoms with van der Waals surface area (Å²) >= 11 is 0. The fourth-order valence-corrected chi connectivity index (χ4v) is 4.11. The summed E-state index contributed by atoms with van der Waals surface area (Å²) in [4.78, 5) is 22.1. The molecule has 5 rings (SSSR count). The van der Waals surface area contributed by atoms with Crippen molar-refractivity contribution in [3.05, 3.63) is 83.7 Å². The molecule has 0 bridgehead atoms. The lowest BCUT2D eigenvalue weighted by molar-refractivity contribution is 0.0952. The van der Waals surface area contributed by atoms with Crippen LogP contribution in [0.3, 0.4) is 0 Å². The maximum absolute atomic E-state index is 13.3. The maximum atomic E-state index is 13.3. The normalized spacial score (nSPS) is 14.6. The first kappa shape index (κ1) is 20.0. The van der Waals surface area contributed by atoms with Gasteiger partial charge in [0.05, 0.1) is 23.9 Å². The minimum atomic E-state index is -0.171. The average Bonchev–Trinajstić information content (AvgIpc) is 3.20. The predicted octanol–water partition coefficient (Wildman–Crippen LogP) is 4.56. The predicted molar refractivity (Wildman–Crippen MR) is 123 cm³/mol. The summed E-state index contributed by atoms with van der Waals surface area (Å²) in [7, 11) is 1.64. The van der Waals surface area contributed by atoms with E-state index in [-0.39, 0.29) is 12.0 Å². The molecule has 1 aliphatic heterocycles. The lowest BCUT2D eigenvalue weighted by Gasteiger charge is -2.13. The van der Waals surface area contributed by atoms with E-state index in [0.29, 0.717) is 12.1 Å². The van der Waals surface area contributed by atoms with E-state index >= 15 is 0 Å². The first-order valence-corrected chi connectivity index (χ1v) is 10.6. The first-order chi connectivity index (χ1) is 15.6. The first-order valence-electron chi connectivity index (χ1n) is 10.6. The van der Waals surface area contributed by atoms with E-state index in [2.05, 4.69) is 10.3 Å². The van der Waals surface area contributed by atoms with Crippen molar-refractivity contribution in [1.82, 2.24) is 15.3 Å². The summed E-state index contributed by atoms with van der Waals surface area (Å²) in [6.07, 6.45) is 4.44. The van der Waals surface area contributed by atoms with E-state index in [1.165, 1.54) is 0 Å². The van der Waals surface area contributed by atoms with Crippen LogP contribution in [-0.4, -0.2) is 29.1 Å². The van der Waals surface area contributed by atoms with E-state index in [1.54, 1.807) is 19.5 Å². The molecule has 3 heterocycles. The van der Waals surface area contributed by atoms with E-state index < -0.39 is 0 Å². The highest BCUT2D eigenvalue weighted by Crippen LogP contribution is 2.35. The number of carbonyl (C=O) groups excluding carboxylic acids is 1. The van der Waals surface area contributed by atoms with Crippen LogP contribution >= 0.6 is 0 Å². The van der Waals surface area contributed by atoms with Crippen molar-refractivity contribution < 1.29 is 14.3 Å². The van der Waals surface area contributed by atoms with Gasteiger partial charge in [-0.1, -0.05) is 18.2 Å². The Morgan fingerprint density at radius 2 is 1.97 bits per heavy atom. The van der Waals surface area contributed by atoms with Gasteiger partial charge in [0, 0.05) is 47.4 Å². The van der Waals surface area contributed by atoms with E-state index in [4.69, 9.17) is 14.5 Å². The van der Waals surface area contributed by atoms with E-state index in [9.17, 15) is 4.79 Å². The molecule has 1 atom stereocenters. The van der Waals surface area contributed by atoms with Crippen LogP contribution in [-0.2, 0) is 13.0 Å². The molecule has 0 fully saturated rings. The highest BCUT2D eigenvalue weighted by molar-refractivity contribution is 6.07. The molecule has 0 radical (unpaired) electrons. The Balaban J connectivity index is 1.46. The van der Waals surface area contributed by atoms with E-state index in [0.717, 1.165) is 51.2 Å². The van der Waals surface area contributed by atoms with Crippen molar-refractivity contribution in [2.45, 2.75) is 26.0 Å². The Morgan fingerprint density at radius 1 is 1.16 bits per heavy atom. The summed E-state index contributed by atoms with van der Waals surface area (Å²) in [5, 5.41) is 3.85. The largest absolute Gasteiger partial charge is 0.496 e. The number of nitrogens with one attached hydrogen (secondary N) is 1. The molecule has 2 aromatic heterocycles. The molecule has 6 heteroatoms. The molecule has 0 aliphatic carbocycles. The number of carbonyl (C=O) groups is 1. The third kappa shape index (κ3) is 3.75. The Hall–Kier alpha value is -3.93. The van der Waals surface area contributed by atoms with Crippen molar-refractivity contribution in [3.63, 3.8) is 0 Å². The molecular weight excluding hydrogens is 402 g/mol. The van der Waals surface area contributed by atoms with Crippen molar-refractivity contribution >= 4 is 16.8 Å². The van der Waals surface area contributed by atoms with Gasteiger partial charge < -0.3 is 14.8 Å². The molecule has 1 aliphatic rings. The number of pyridine rings is 2. The number of aromatic nitrogens is 2. The van der Waals surface area contributed by atoms with Gasteiger partial charge in [0.15, 0.2) is 0 Å². The van der Waals surface area contributed by atoms with Crippen molar-refractivity contribution in [2.24, 2.45) is 0 Å². The molecule has 1 N–H and O–H groups in total. The van der Waals surface area contributed by atoms with Gasteiger partial charge in [0.1, 0.15) is 17.6 Å². The lowest BCUT2D eigenvalue weighted by Crippen LogP contribution is -2.23. The summed E-state index contributed by atoms with van der Waals surface area (Å²) in [6.45, 7) is 2.37. The molecular formula is C26H23N3O3. The summed E-state index contributed by atoms with van der Waals surface area (Å²) < 4.78 is 11.4. The Labute approximate surface area is 186 Å². The lowest BCUT2D eigenvalue weighted by atomic mass is 10.0. The van der Waals surface area contributed by atoms with Gasteiger partial charge in [-0.25, -0.2) is 4.98 Å². The monoisotopic (exact) mass is 425 g/mol. The van der Waals surface area contributed by atoms with Crippen LogP contribution in [0.15, 0.2) is 67.0 Å². The quantitative estimate of drug-likeness (QED) is 0.508. The van der Waals surface area contributed by atoms with Crippen LogP contribution < -0.4 is 14.8 Å². The fraction of sp³-hybridized carbons (Fsp3) is 0.192. The minimum Gasteiger partial charge on any atom is -0.496 e. The number of hydrogen-bond acceptors (Lipinski definition) is 5. The summed E-state index contributed by atoms with van der Waals surface area (Å²) in [6, 6.07) is 17.2. The molecule has 0 saturated heterocycles. The van der Waals surface area contributed by atoms with Crippen LogP contribution in [0.1, 0.15) is 28.4 Å². The number of ether oxygens (including phenoxy) is 2. The minimum absolute atomic E-state index is 0.148. The molecule has 4 aromatic rings. The maximum Gasteiger partial charge on any atom is 0.252 e. The van der Waals surface area contributed by atoms with Gasteiger partial charge in [0.2, 0.25) is 0 Å². The smallest absolute Gasteiger partial charge is 0.252 e.